The van der Waals surface area contributed by atoms with Gasteiger partial charge in [-0.1, -0.05) is 39.3 Å². The second-order valence-corrected chi connectivity index (χ2v) is 7.21. The normalized spacial score (nSPS) is 10.7. The van der Waals surface area contributed by atoms with Crippen molar-refractivity contribution in [3.05, 3.63) is 63.5 Å². The summed E-state index contributed by atoms with van der Waals surface area (Å²) in [5.74, 6) is 1.27. The van der Waals surface area contributed by atoms with E-state index < -0.39 is 0 Å². The van der Waals surface area contributed by atoms with Gasteiger partial charge in [-0.3, -0.25) is 4.79 Å². The molecule has 1 heterocycles. The van der Waals surface area contributed by atoms with Crippen LogP contribution in [0.25, 0.3) is 11.4 Å². The van der Waals surface area contributed by atoms with Crippen LogP contribution in [0.3, 0.4) is 0 Å². The Balaban J connectivity index is 1.54. The van der Waals surface area contributed by atoms with Crippen LogP contribution in [0, 0.1) is 20.8 Å². The number of halogens is 1. The minimum atomic E-state index is -0.254. The maximum absolute atomic E-state index is 12.1. The third-order valence-electron chi connectivity index (χ3n) is 4.11. The molecule has 3 rings (SSSR count). The summed E-state index contributed by atoms with van der Waals surface area (Å²) in [6, 6.07) is 11.6. The topological polar surface area (TPSA) is 77.2 Å². The predicted molar refractivity (Wildman–Crippen MR) is 105 cm³/mol. The molecule has 7 heteroatoms. The summed E-state index contributed by atoms with van der Waals surface area (Å²) in [5, 5.41) is 6.67. The van der Waals surface area contributed by atoms with E-state index >= 15 is 0 Å². The summed E-state index contributed by atoms with van der Waals surface area (Å²) < 4.78 is 11.8. The SMILES string of the molecule is Cc1cc(C)c(C)c(OCC(=O)NCc2nc(-c3cccc(Br)c3)no2)c1. The van der Waals surface area contributed by atoms with Gasteiger partial charge in [0, 0.05) is 10.0 Å². The molecule has 27 heavy (non-hydrogen) atoms. The number of carbonyl (C=O) groups excluding carboxylic acids is 1. The Morgan fingerprint density at radius 2 is 2.04 bits per heavy atom. The van der Waals surface area contributed by atoms with Gasteiger partial charge in [0.1, 0.15) is 5.75 Å². The molecule has 0 unspecified atom stereocenters. The van der Waals surface area contributed by atoms with Gasteiger partial charge < -0.3 is 14.6 Å². The van der Waals surface area contributed by atoms with Gasteiger partial charge in [0.15, 0.2) is 6.61 Å². The van der Waals surface area contributed by atoms with Crippen LogP contribution in [0.15, 0.2) is 45.4 Å². The first-order valence-corrected chi connectivity index (χ1v) is 9.27. The van der Waals surface area contributed by atoms with Gasteiger partial charge in [0.2, 0.25) is 11.7 Å². The number of amides is 1. The molecule has 0 fully saturated rings. The standard InChI is InChI=1S/C20H20BrN3O3/c1-12-7-13(2)14(3)17(8-12)26-11-18(25)22-10-19-23-20(24-27-19)15-5-4-6-16(21)9-15/h4-9H,10-11H2,1-3H3,(H,22,25). The third-order valence-corrected chi connectivity index (χ3v) is 4.60. The molecule has 0 spiro atoms. The Labute approximate surface area is 166 Å². The molecule has 1 amide bonds. The summed E-state index contributed by atoms with van der Waals surface area (Å²) in [6.07, 6.45) is 0. The van der Waals surface area contributed by atoms with Gasteiger partial charge in [-0.2, -0.15) is 4.98 Å². The fourth-order valence-electron chi connectivity index (χ4n) is 2.59. The number of rotatable bonds is 6. The highest BCUT2D eigenvalue weighted by molar-refractivity contribution is 9.10. The molecular formula is C20H20BrN3O3. The minimum absolute atomic E-state index is 0.0731. The van der Waals surface area contributed by atoms with Gasteiger partial charge in [-0.25, -0.2) is 0 Å². The molecule has 0 aliphatic heterocycles. The van der Waals surface area contributed by atoms with E-state index in [-0.39, 0.29) is 19.1 Å². The predicted octanol–water partition coefficient (Wildman–Crippen LogP) is 4.12. The van der Waals surface area contributed by atoms with E-state index in [1.807, 2.05) is 51.1 Å². The molecule has 0 saturated heterocycles. The molecule has 1 aromatic heterocycles. The highest BCUT2D eigenvalue weighted by Crippen LogP contribution is 2.23. The van der Waals surface area contributed by atoms with Crippen LogP contribution in [-0.4, -0.2) is 22.7 Å². The van der Waals surface area contributed by atoms with Gasteiger partial charge in [-0.05, 0) is 55.7 Å². The van der Waals surface area contributed by atoms with Crippen LogP contribution in [0.1, 0.15) is 22.6 Å². The second-order valence-electron chi connectivity index (χ2n) is 6.29. The highest BCUT2D eigenvalue weighted by atomic mass is 79.9. The summed E-state index contributed by atoms with van der Waals surface area (Å²) in [6.45, 7) is 6.07. The summed E-state index contributed by atoms with van der Waals surface area (Å²) in [5.41, 5.74) is 4.10. The lowest BCUT2D eigenvalue weighted by Crippen LogP contribution is -2.28. The molecule has 2 aromatic carbocycles. The fourth-order valence-corrected chi connectivity index (χ4v) is 2.99. The Hall–Kier alpha value is -2.67. The molecule has 0 aliphatic rings. The van der Waals surface area contributed by atoms with E-state index in [9.17, 15) is 4.79 Å². The van der Waals surface area contributed by atoms with Crippen molar-refractivity contribution in [2.45, 2.75) is 27.3 Å². The zero-order chi connectivity index (χ0) is 19.4. The molecule has 140 valence electrons. The summed E-state index contributed by atoms with van der Waals surface area (Å²) in [4.78, 5) is 16.4. The number of aryl methyl sites for hydroxylation is 2. The van der Waals surface area contributed by atoms with Crippen LogP contribution >= 0.6 is 15.9 Å². The van der Waals surface area contributed by atoms with Gasteiger partial charge >= 0.3 is 0 Å². The van der Waals surface area contributed by atoms with Crippen LogP contribution in [0.5, 0.6) is 5.75 Å². The lowest BCUT2D eigenvalue weighted by molar-refractivity contribution is -0.123. The largest absolute Gasteiger partial charge is 0.483 e. The third kappa shape index (κ3) is 4.95. The maximum atomic E-state index is 12.1. The zero-order valence-corrected chi connectivity index (χ0v) is 17.0. The number of aromatic nitrogens is 2. The molecular weight excluding hydrogens is 410 g/mol. The minimum Gasteiger partial charge on any atom is -0.483 e. The van der Waals surface area contributed by atoms with Crippen LogP contribution in [0.2, 0.25) is 0 Å². The number of nitrogens with zero attached hydrogens (tertiary/aromatic N) is 2. The molecule has 0 radical (unpaired) electrons. The van der Waals surface area contributed by atoms with E-state index in [1.165, 1.54) is 0 Å². The molecule has 3 aromatic rings. The Kier molecular flexibility index (Phi) is 5.91. The van der Waals surface area contributed by atoms with E-state index in [0.29, 0.717) is 11.7 Å². The van der Waals surface area contributed by atoms with Crippen molar-refractivity contribution in [2.75, 3.05) is 6.61 Å². The quantitative estimate of drug-likeness (QED) is 0.637. The smallest absolute Gasteiger partial charge is 0.258 e. The molecule has 0 atom stereocenters. The Bertz CT molecular complexity index is 969. The average Bonchev–Trinajstić information content (AvgIpc) is 3.11. The van der Waals surface area contributed by atoms with E-state index in [0.717, 1.165) is 32.5 Å². The molecule has 0 bridgehead atoms. The first kappa shape index (κ1) is 19.1. The van der Waals surface area contributed by atoms with Gasteiger partial charge in [0.25, 0.3) is 5.91 Å². The number of hydrogen-bond acceptors (Lipinski definition) is 5. The van der Waals surface area contributed by atoms with Crippen molar-refractivity contribution in [1.29, 1.82) is 0 Å². The van der Waals surface area contributed by atoms with Crippen molar-refractivity contribution in [3.8, 4) is 17.1 Å². The highest BCUT2D eigenvalue weighted by Gasteiger charge is 2.11. The molecule has 0 aliphatic carbocycles. The number of nitrogens with one attached hydrogen (secondary N) is 1. The lowest BCUT2D eigenvalue weighted by atomic mass is 10.1. The van der Waals surface area contributed by atoms with Crippen molar-refractivity contribution in [1.82, 2.24) is 15.5 Å². The van der Waals surface area contributed by atoms with Crippen molar-refractivity contribution in [3.63, 3.8) is 0 Å². The zero-order valence-electron chi connectivity index (χ0n) is 15.4. The maximum Gasteiger partial charge on any atom is 0.258 e. The Morgan fingerprint density at radius 1 is 1.22 bits per heavy atom. The van der Waals surface area contributed by atoms with Crippen LogP contribution in [0.4, 0.5) is 0 Å². The Morgan fingerprint density at radius 3 is 2.81 bits per heavy atom. The molecule has 0 saturated carbocycles. The van der Waals surface area contributed by atoms with E-state index in [1.54, 1.807) is 0 Å². The molecule has 1 N–H and O–H groups in total. The van der Waals surface area contributed by atoms with Crippen LogP contribution in [-0.2, 0) is 11.3 Å². The van der Waals surface area contributed by atoms with Crippen LogP contribution < -0.4 is 10.1 Å². The lowest BCUT2D eigenvalue weighted by Gasteiger charge is -2.12. The van der Waals surface area contributed by atoms with Crippen molar-refractivity contribution in [2.24, 2.45) is 0 Å². The van der Waals surface area contributed by atoms with Crippen molar-refractivity contribution < 1.29 is 14.1 Å². The summed E-state index contributed by atoms with van der Waals surface area (Å²) >= 11 is 3.41. The molecule has 6 nitrogen and oxygen atoms in total. The first-order chi connectivity index (χ1) is 12.9. The number of benzene rings is 2. The van der Waals surface area contributed by atoms with Crippen molar-refractivity contribution >= 4 is 21.8 Å². The number of hydrogen-bond donors (Lipinski definition) is 1. The van der Waals surface area contributed by atoms with E-state index in [2.05, 4.69) is 37.5 Å². The van der Waals surface area contributed by atoms with Gasteiger partial charge in [0.05, 0.1) is 6.54 Å². The van der Waals surface area contributed by atoms with Gasteiger partial charge in [-0.15, -0.1) is 0 Å². The first-order valence-electron chi connectivity index (χ1n) is 8.48. The summed E-state index contributed by atoms with van der Waals surface area (Å²) in [7, 11) is 0. The van der Waals surface area contributed by atoms with E-state index in [4.69, 9.17) is 9.26 Å². The monoisotopic (exact) mass is 429 g/mol. The number of carbonyl (C=O) groups is 1. The fraction of sp³-hybridized carbons (Fsp3) is 0.250. The average molecular weight is 430 g/mol. The number of ether oxygens (including phenoxy) is 1. The second kappa shape index (κ2) is 8.35.